The highest BCUT2D eigenvalue weighted by Gasteiger charge is 2.02. The van der Waals surface area contributed by atoms with E-state index in [9.17, 15) is 5.11 Å². The van der Waals surface area contributed by atoms with Gasteiger partial charge in [0.1, 0.15) is 18.1 Å². The minimum absolute atomic E-state index is 0.164. The van der Waals surface area contributed by atoms with Gasteiger partial charge in [0.2, 0.25) is 0 Å². The quantitative estimate of drug-likeness (QED) is 0.796. The summed E-state index contributed by atoms with van der Waals surface area (Å²) in [6, 6.07) is 12.8. The van der Waals surface area contributed by atoms with E-state index in [2.05, 4.69) is 0 Å². The maximum atomic E-state index is 9.65. The van der Waals surface area contributed by atoms with Crippen LogP contribution in [0.4, 0.5) is 5.69 Å². The summed E-state index contributed by atoms with van der Waals surface area (Å²) in [6.07, 6.45) is 0. The normalized spacial score (nSPS) is 10.2. The summed E-state index contributed by atoms with van der Waals surface area (Å²) in [5.41, 5.74) is 8.00. The van der Waals surface area contributed by atoms with Gasteiger partial charge in [-0.3, -0.25) is 0 Å². The van der Waals surface area contributed by atoms with Crippen LogP contribution in [0.2, 0.25) is 0 Å². The van der Waals surface area contributed by atoms with Crippen molar-refractivity contribution in [3.63, 3.8) is 0 Å². The first-order valence-corrected chi connectivity index (χ1v) is 5.42. The van der Waals surface area contributed by atoms with E-state index >= 15 is 0 Å². The second-order valence-corrected chi connectivity index (χ2v) is 3.99. The van der Waals surface area contributed by atoms with Crippen molar-refractivity contribution in [3.05, 3.63) is 53.6 Å². The second kappa shape index (κ2) is 4.78. The number of aryl methyl sites for hydroxylation is 1. The summed E-state index contributed by atoms with van der Waals surface area (Å²) >= 11 is 0. The molecule has 0 fully saturated rings. The second-order valence-electron chi connectivity index (χ2n) is 3.99. The zero-order chi connectivity index (χ0) is 12.3. The number of nitrogens with two attached hydrogens (primary N) is 1. The predicted octanol–water partition coefficient (Wildman–Crippen LogP) is 2.86. The van der Waals surface area contributed by atoms with Crippen LogP contribution in [0.3, 0.4) is 0 Å². The number of hydrogen-bond donors (Lipinski definition) is 2. The van der Waals surface area contributed by atoms with Crippen LogP contribution in [-0.2, 0) is 6.61 Å². The van der Waals surface area contributed by atoms with Gasteiger partial charge in [0.15, 0.2) is 0 Å². The van der Waals surface area contributed by atoms with Crippen molar-refractivity contribution in [1.29, 1.82) is 0 Å². The van der Waals surface area contributed by atoms with Gasteiger partial charge in [-0.2, -0.15) is 0 Å². The van der Waals surface area contributed by atoms with Crippen LogP contribution >= 0.6 is 0 Å². The Bertz CT molecular complexity index is 506. The molecule has 0 saturated heterocycles. The molecule has 0 radical (unpaired) electrons. The molecule has 3 heteroatoms. The topological polar surface area (TPSA) is 55.5 Å². The molecule has 2 aromatic carbocycles. The fourth-order valence-electron chi connectivity index (χ4n) is 1.50. The molecule has 2 aromatic rings. The lowest BCUT2D eigenvalue weighted by atomic mass is 10.2. The summed E-state index contributed by atoms with van der Waals surface area (Å²) in [7, 11) is 0. The van der Waals surface area contributed by atoms with Crippen LogP contribution in [0, 0.1) is 6.92 Å². The highest BCUT2D eigenvalue weighted by molar-refractivity contribution is 5.47. The van der Waals surface area contributed by atoms with Crippen LogP contribution < -0.4 is 10.5 Å². The summed E-state index contributed by atoms with van der Waals surface area (Å²) in [5, 5.41) is 9.65. The Labute approximate surface area is 100 Å². The fourth-order valence-corrected chi connectivity index (χ4v) is 1.50. The minimum Gasteiger partial charge on any atom is -0.507 e. The zero-order valence-electron chi connectivity index (χ0n) is 9.68. The Morgan fingerprint density at radius 2 is 1.82 bits per heavy atom. The molecule has 0 unspecified atom stereocenters. The first kappa shape index (κ1) is 11.3. The molecule has 17 heavy (non-hydrogen) atoms. The van der Waals surface area contributed by atoms with Crippen LogP contribution in [0.25, 0.3) is 0 Å². The molecule has 88 valence electrons. The molecule has 0 atom stereocenters. The monoisotopic (exact) mass is 229 g/mol. The van der Waals surface area contributed by atoms with Crippen molar-refractivity contribution >= 4 is 5.69 Å². The first-order chi connectivity index (χ1) is 8.15. The number of ether oxygens (including phenoxy) is 1. The third kappa shape index (κ3) is 2.91. The summed E-state index contributed by atoms with van der Waals surface area (Å²) in [4.78, 5) is 0. The number of benzene rings is 2. The van der Waals surface area contributed by atoms with Gasteiger partial charge in [-0.25, -0.2) is 0 Å². The van der Waals surface area contributed by atoms with E-state index in [0.29, 0.717) is 12.3 Å². The molecular formula is C14H15NO2. The van der Waals surface area contributed by atoms with Gasteiger partial charge in [-0.15, -0.1) is 0 Å². The molecular weight excluding hydrogens is 214 g/mol. The molecule has 0 amide bonds. The number of anilines is 1. The minimum atomic E-state index is 0.164. The van der Waals surface area contributed by atoms with Gasteiger partial charge in [0.05, 0.1) is 0 Å². The van der Waals surface area contributed by atoms with Gasteiger partial charge in [-0.05, 0) is 31.2 Å². The summed E-state index contributed by atoms with van der Waals surface area (Å²) in [5.74, 6) is 0.948. The largest absolute Gasteiger partial charge is 0.507 e. The molecule has 0 spiro atoms. The summed E-state index contributed by atoms with van der Waals surface area (Å²) < 4.78 is 5.57. The van der Waals surface area contributed by atoms with Crippen molar-refractivity contribution in [1.82, 2.24) is 0 Å². The first-order valence-electron chi connectivity index (χ1n) is 5.42. The maximum Gasteiger partial charge on any atom is 0.124 e. The Balaban J connectivity index is 2.04. The molecule has 3 nitrogen and oxygen atoms in total. The molecule has 3 N–H and O–H groups in total. The highest BCUT2D eigenvalue weighted by Crippen LogP contribution is 2.22. The van der Waals surface area contributed by atoms with Crippen molar-refractivity contribution in [3.8, 4) is 11.5 Å². The van der Waals surface area contributed by atoms with Gasteiger partial charge in [0, 0.05) is 17.3 Å². The van der Waals surface area contributed by atoms with E-state index in [1.54, 1.807) is 12.1 Å². The highest BCUT2D eigenvalue weighted by atomic mass is 16.5. The van der Waals surface area contributed by atoms with Crippen LogP contribution in [0.1, 0.15) is 11.1 Å². The molecule has 0 aliphatic carbocycles. The third-order valence-corrected chi connectivity index (χ3v) is 2.52. The predicted molar refractivity (Wildman–Crippen MR) is 68.0 cm³/mol. The van der Waals surface area contributed by atoms with Gasteiger partial charge < -0.3 is 15.6 Å². The van der Waals surface area contributed by atoms with Crippen LogP contribution in [0.15, 0.2) is 42.5 Å². The number of rotatable bonds is 3. The van der Waals surface area contributed by atoms with Gasteiger partial charge >= 0.3 is 0 Å². The van der Waals surface area contributed by atoms with E-state index in [1.165, 1.54) is 11.6 Å². The number of phenolic OH excluding ortho intramolecular Hbond substituents is 1. The maximum absolute atomic E-state index is 9.65. The van der Waals surface area contributed by atoms with Gasteiger partial charge in [0.25, 0.3) is 0 Å². The average molecular weight is 229 g/mol. The molecule has 0 saturated carbocycles. The van der Waals surface area contributed by atoms with Gasteiger partial charge in [-0.1, -0.05) is 17.7 Å². The number of phenols is 1. The molecule has 0 heterocycles. The average Bonchev–Trinajstić information content (AvgIpc) is 2.30. The van der Waals surface area contributed by atoms with E-state index in [4.69, 9.17) is 10.5 Å². The number of hydrogen-bond acceptors (Lipinski definition) is 3. The molecule has 0 aliphatic rings. The molecule has 0 bridgehead atoms. The molecule has 0 aliphatic heterocycles. The third-order valence-electron chi connectivity index (χ3n) is 2.52. The fraction of sp³-hybridized carbons (Fsp3) is 0.143. The van der Waals surface area contributed by atoms with E-state index in [0.717, 1.165) is 11.3 Å². The molecule has 2 rings (SSSR count). The van der Waals surface area contributed by atoms with Crippen LogP contribution in [-0.4, -0.2) is 5.11 Å². The van der Waals surface area contributed by atoms with Crippen molar-refractivity contribution in [2.45, 2.75) is 13.5 Å². The Kier molecular flexibility index (Phi) is 3.19. The molecule has 0 aromatic heterocycles. The van der Waals surface area contributed by atoms with E-state index < -0.39 is 0 Å². The Morgan fingerprint density at radius 3 is 2.47 bits per heavy atom. The van der Waals surface area contributed by atoms with Crippen molar-refractivity contribution in [2.75, 3.05) is 5.73 Å². The number of aromatic hydroxyl groups is 1. The Hall–Kier alpha value is -2.16. The number of nitrogen functional groups attached to an aromatic ring is 1. The Morgan fingerprint density at radius 1 is 1.12 bits per heavy atom. The smallest absolute Gasteiger partial charge is 0.124 e. The van der Waals surface area contributed by atoms with E-state index in [-0.39, 0.29) is 5.75 Å². The lowest BCUT2D eigenvalue weighted by Crippen LogP contribution is -1.96. The van der Waals surface area contributed by atoms with E-state index in [1.807, 2.05) is 31.2 Å². The van der Waals surface area contributed by atoms with Crippen LogP contribution in [0.5, 0.6) is 11.5 Å². The standard InChI is InChI=1S/C14H15NO2/c1-10-2-6-13(7-3-10)17-9-11-4-5-12(15)8-14(11)16/h2-8,16H,9,15H2,1H3. The van der Waals surface area contributed by atoms with Crippen molar-refractivity contribution in [2.24, 2.45) is 0 Å². The van der Waals surface area contributed by atoms with Crippen molar-refractivity contribution < 1.29 is 9.84 Å². The lowest BCUT2D eigenvalue weighted by Gasteiger charge is -2.08. The SMILES string of the molecule is Cc1ccc(OCc2ccc(N)cc2O)cc1. The zero-order valence-corrected chi connectivity index (χ0v) is 9.68. The summed E-state index contributed by atoms with van der Waals surface area (Å²) in [6.45, 7) is 2.35. The lowest BCUT2D eigenvalue weighted by molar-refractivity contribution is 0.299.